The summed E-state index contributed by atoms with van der Waals surface area (Å²) < 4.78 is 27.2. The molecule has 1 N–H and O–H groups in total. The Labute approximate surface area is 130 Å². The fraction of sp³-hybridized carbons (Fsp3) is 0.333. The maximum atomic E-state index is 13.9. The van der Waals surface area contributed by atoms with E-state index >= 15 is 0 Å². The molecule has 22 heavy (non-hydrogen) atoms. The lowest BCUT2D eigenvalue weighted by atomic mass is 10.0. The van der Waals surface area contributed by atoms with Crippen molar-refractivity contribution < 1.29 is 8.78 Å². The molecule has 2 aromatic rings. The molecule has 0 aliphatic heterocycles. The van der Waals surface area contributed by atoms with Crippen molar-refractivity contribution in [1.82, 2.24) is 5.32 Å². The van der Waals surface area contributed by atoms with Crippen LogP contribution in [0.3, 0.4) is 0 Å². The number of hydrogen-bond donors (Lipinski definition) is 1. The van der Waals surface area contributed by atoms with Crippen molar-refractivity contribution in [3.63, 3.8) is 0 Å². The molecule has 2 nitrogen and oxygen atoms in total. The predicted octanol–water partition coefficient (Wildman–Crippen LogP) is 4.44. The maximum Gasteiger partial charge on any atom is 0.163 e. The second-order valence-corrected chi connectivity index (χ2v) is 5.71. The van der Waals surface area contributed by atoms with E-state index in [1.54, 1.807) is 6.07 Å². The van der Waals surface area contributed by atoms with Crippen LogP contribution >= 0.6 is 0 Å². The molecule has 0 saturated heterocycles. The van der Waals surface area contributed by atoms with E-state index in [1.165, 1.54) is 6.07 Å². The number of benzene rings is 2. The topological polar surface area (TPSA) is 15.3 Å². The standard InChI is InChI=1S/C18H22F2N2/c1-12(14-8-5-6-11-17(14)22(3)4)21-13(2)15-9-7-10-16(19)18(15)20/h5-13,21H,1-4H3/t12-,13-/m1/s1. The monoisotopic (exact) mass is 304 g/mol. The normalized spacial score (nSPS) is 13.7. The van der Waals surface area contributed by atoms with E-state index in [-0.39, 0.29) is 12.1 Å². The molecule has 0 radical (unpaired) electrons. The van der Waals surface area contributed by atoms with Gasteiger partial charge in [-0.3, -0.25) is 0 Å². The van der Waals surface area contributed by atoms with Crippen LogP contribution in [0.25, 0.3) is 0 Å². The molecule has 0 aliphatic carbocycles. The van der Waals surface area contributed by atoms with Gasteiger partial charge in [-0.1, -0.05) is 30.3 Å². The Balaban J connectivity index is 2.22. The van der Waals surface area contributed by atoms with Crippen LogP contribution in [0.5, 0.6) is 0 Å². The Morgan fingerprint density at radius 1 is 0.864 bits per heavy atom. The van der Waals surface area contributed by atoms with Gasteiger partial charge in [0.1, 0.15) is 0 Å². The second-order valence-electron chi connectivity index (χ2n) is 5.71. The smallest absolute Gasteiger partial charge is 0.163 e. The van der Waals surface area contributed by atoms with E-state index in [0.717, 1.165) is 17.3 Å². The summed E-state index contributed by atoms with van der Waals surface area (Å²) in [5.41, 5.74) is 2.57. The lowest BCUT2D eigenvalue weighted by Gasteiger charge is -2.25. The third-order valence-electron chi connectivity index (χ3n) is 3.83. The number of halogens is 2. The van der Waals surface area contributed by atoms with E-state index in [1.807, 2.05) is 57.1 Å². The van der Waals surface area contributed by atoms with Gasteiger partial charge in [0.2, 0.25) is 0 Å². The zero-order valence-corrected chi connectivity index (χ0v) is 13.4. The predicted molar refractivity (Wildman–Crippen MR) is 87.1 cm³/mol. The zero-order valence-electron chi connectivity index (χ0n) is 13.4. The van der Waals surface area contributed by atoms with Crippen molar-refractivity contribution in [2.45, 2.75) is 25.9 Å². The number of anilines is 1. The number of rotatable bonds is 5. The minimum atomic E-state index is -0.813. The first kappa shape index (κ1) is 16.4. The highest BCUT2D eigenvalue weighted by Gasteiger charge is 2.18. The molecule has 0 aromatic heterocycles. The Bertz CT molecular complexity index is 641. The van der Waals surface area contributed by atoms with Crippen LogP contribution in [0, 0.1) is 11.6 Å². The third kappa shape index (κ3) is 3.45. The van der Waals surface area contributed by atoms with Gasteiger partial charge in [0.05, 0.1) is 0 Å². The molecule has 0 fully saturated rings. The number of para-hydroxylation sites is 1. The molecule has 0 aliphatic rings. The summed E-state index contributed by atoms with van der Waals surface area (Å²) in [4.78, 5) is 2.04. The summed E-state index contributed by atoms with van der Waals surface area (Å²) in [6, 6.07) is 12.1. The SMILES string of the molecule is C[C@@H](N[C@H](C)c1cccc(F)c1F)c1ccccc1N(C)C. The molecule has 0 heterocycles. The largest absolute Gasteiger partial charge is 0.377 e. The first-order chi connectivity index (χ1) is 10.4. The van der Waals surface area contributed by atoms with Crippen molar-refractivity contribution in [2.24, 2.45) is 0 Å². The number of nitrogens with one attached hydrogen (secondary N) is 1. The van der Waals surface area contributed by atoms with Crippen LogP contribution in [0.15, 0.2) is 42.5 Å². The molecular weight excluding hydrogens is 282 g/mol. The first-order valence-corrected chi connectivity index (χ1v) is 7.38. The van der Waals surface area contributed by atoms with Crippen molar-refractivity contribution in [2.75, 3.05) is 19.0 Å². The molecule has 2 rings (SSSR count). The summed E-state index contributed by atoms with van der Waals surface area (Å²) in [5, 5.41) is 3.34. The van der Waals surface area contributed by atoms with E-state index in [0.29, 0.717) is 5.56 Å². The fourth-order valence-electron chi connectivity index (χ4n) is 2.67. The minimum absolute atomic E-state index is 0.0104. The molecule has 0 unspecified atom stereocenters. The van der Waals surface area contributed by atoms with Crippen molar-refractivity contribution in [3.8, 4) is 0 Å². The van der Waals surface area contributed by atoms with E-state index in [9.17, 15) is 8.78 Å². The molecule has 0 bridgehead atoms. The number of hydrogen-bond acceptors (Lipinski definition) is 2. The average Bonchev–Trinajstić information content (AvgIpc) is 2.49. The zero-order chi connectivity index (χ0) is 16.3. The molecule has 2 aromatic carbocycles. The third-order valence-corrected chi connectivity index (χ3v) is 3.83. The van der Waals surface area contributed by atoms with E-state index in [2.05, 4.69) is 5.32 Å². The van der Waals surface area contributed by atoms with Gasteiger partial charge in [0, 0.05) is 37.4 Å². The average molecular weight is 304 g/mol. The quantitative estimate of drug-likeness (QED) is 0.878. The Morgan fingerprint density at radius 2 is 1.45 bits per heavy atom. The molecule has 118 valence electrons. The van der Waals surface area contributed by atoms with Gasteiger partial charge < -0.3 is 10.2 Å². The molecule has 4 heteroatoms. The highest BCUT2D eigenvalue weighted by atomic mass is 19.2. The van der Waals surface area contributed by atoms with E-state index < -0.39 is 11.6 Å². The van der Waals surface area contributed by atoms with Crippen molar-refractivity contribution >= 4 is 5.69 Å². The molecular formula is C18H22F2N2. The van der Waals surface area contributed by atoms with Crippen LogP contribution in [0.4, 0.5) is 14.5 Å². The van der Waals surface area contributed by atoms with Crippen LogP contribution in [-0.2, 0) is 0 Å². The minimum Gasteiger partial charge on any atom is -0.377 e. The Kier molecular flexibility index (Phi) is 5.14. The molecule has 0 spiro atoms. The van der Waals surface area contributed by atoms with Crippen LogP contribution < -0.4 is 10.2 Å². The van der Waals surface area contributed by atoms with Gasteiger partial charge in [0.25, 0.3) is 0 Å². The van der Waals surface area contributed by atoms with E-state index in [4.69, 9.17) is 0 Å². The highest BCUT2D eigenvalue weighted by Crippen LogP contribution is 2.28. The maximum absolute atomic E-state index is 13.9. The molecule has 2 atom stereocenters. The Morgan fingerprint density at radius 3 is 2.14 bits per heavy atom. The van der Waals surface area contributed by atoms with Crippen LogP contribution in [0.2, 0.25) is 0 Å². The van der Waals surface area contributed by atoms with Gasteiger partial charge in [0.15, 0.2) is 11.6 Å². The Hall–Kier alpha value is -1.94. The summed E-state index contributed by atoms with van der Waals surface area (Å²) in [5.74, 6) is -1.59. The fourth-order valence-corrected chi connectivity index (χ4v) is 2.67. The van der Waals surface area contributed by atoms with Gasteiger partial charge in [-0.25, -0.2) is 8.78 Å². The lowest BCUT2D eigenvalue weighted by Crippen LogP contribution is -2.25. The van der Waals surface area contributed by atoms with Gasteiger partial charge in [-0.2, -0.15) is 0 Å². The number of nitrogens with zero attached hydrogens (tertiary/aromatic N) is 1. The highest BCUT2D eigenvalue weighted by molar-refractivity contribution is 5.53. The first-order valence-electron chi connectivity index (χ1n) is 7.38. The van der Waals surface area contributed by atoms with Gasteiger partial charge in [-0.05, 0) is 31.5 Å². The van der Waals surface area contributed by atoms with Gasteiger partial charge >= 0.3 is 0 Å². The summed E-state index contributed by atoms with van der Waals surface area (Å²) in [6.07, 6.45) is 0. The van der Waals surface area contributed by atoms with Crippen molar-refractivity contribution in [1.29, 1.82) is 0 Å². The van der Waals surface area contributed by atoms with Gasteiger partial charge in [-0.15, -0.1) is 0 Å². The van der Waals surface area contributed by atoms with Crippen molar-refractivity contribution in [3.05, 3.63) is 65.2 Å². The molecule has 0 amide bonds. The second kappa shape index (κ2) is 6.88. The molecule has 0 saturated carbocycles. The van der Waals surface area contributed by atoms with Crippen LogP contribution in [-0.4, -0.2) is 14.1 Å². The summed E-state index contributed by atoms with van der Waals surface area (Å²) >= 11 is 0. The summed E-state index contributed by atoms with van der Waals surface area (Å²) in [7, 11) is 3.97. The van der Waals surface area contributed by atoms with Crippen LogP contribution in [0.1, 0.15) is 37.1 Å². The summed E-state index contributed by atoms with van der Waals surface area (Å²) in [6.45, 7) is 3.86. The lowest BCUT2D eigenvalue weighted by molar-refractivity contribution is 0.449.